The van der Waals surface area contributed by atoms with Gasteiger partial charge in [-0.05, 0) is 72.8 Å². The molecule has 0 aromatic heterocycles. The van der Waals surface area contributed by atoms with E-state index in [2.05, 4.69) is 0 Å². The zero-order valence-electron chi connectivity index (χ0n) is 27.3. The lowest BCUT2D eigenvalue weighted by Gasteiger charge is -2.04. The van der Waals surface area contributed by atoms with Crippen molar-refractivity contribution in [3.05, 3.63) is 182 Å². The van der Waals surface area contributed by atoms with Gasteiger partial charge in [-0.2, -0.15) is 0 Å². The van der Waals surface area contributed by atoms with Gasteiger partial charge in [0.05, 0.1) is 0 Å². The van der Waals surface area contributed by atoms with Crippen LogP contribution in [0.2, 0.25) is 0 Å². The quantitative estimate of drug-likeness (QED) is 0.125. The summed E-state index contributed by atoms with van der Waals surface area (Å²) >= 11 is 0. The summed E-state index contributed by atoms with van der Waals surface area (Å²) in [6.45, 7) is 0. The van der Waals surface area contributed by atoms with Gasteiger partial charge in [0.2, 0.25) is 0 Å². The molecule has 0 aliphatic carbocycles. The van der Waals surface area contributed by atoms with Gasteiger partial charge in [-0.3, -0.25) is 0 Å². The third-order valence-electron chi connectivity index (χ3n) is 5.67. The predicted octanol–water partition coefficient (Wildman–Crippen LogP) is 10.0. The molecule has 0 saturated heterocycles. The molecular weight excluding hydrogens is 672 g/mol. The van der Waals surface area contributed by atoms with Gasteiger partial charge in [-0.25, -0.2) is 19.2 Å². The molecular formula is C40H32O12. The van der Waals surface area contributed by atoms with Crippen molar-refractivity contribution in [3.8, 4) is 34.5 Å². The Bertz CT molecular complexity index is 1540. The summed E-state index contributed by atoms with van der Waals surface area (Å²) in [7, 11) is 0. The average molecular weight is 705 g/mol. The van der Waals surface area contributed by atoms with Crippen molar-refractivity contribution in [2.45, 2.75) is 0 Å². The lowest BCUT2D eigenvalue weighted by Crippen LogP contribution is -2.13. The Labute approximate surface area is 298 Å². The fraction of sp³-hybridized carbons (Fsp3) is 0. The van der Waals surface area contributed by atoms with Crippen LogP contribution in [0.1, 0.15) is 0 Å². The maximum Gasteiger partial charge on any atom is 0.519 e. The number of carbonyl (C=O) groups excluding carboxylic acids is 3. The molecule has 0 spiro atoms. The van der Waals surface area contributed by atoms with Crippen molar-refractivity contribution in [2.75, 3.05) is 0 Å². The summed E-state index contributed by atoms with van der Waals surface area (Å²) in [4.78, 5) is 42.6. The van der Waals surface area contributed by atoms with Crippen LogP contribution in [0.25, 0.3) is 0 Å². The maximum atomic E-state index is 11.3. The van der Waals surface area contributed by atoms with E-state index >= 15 is 0 Å². The first-order chi connectivity index (χ1) is 25.3. The fourth-order valence-electron chi connectivity index (χ4n) is 3.57. The predicted molar refractivity (Wildman–Crippen MR) is 189 cm³/mol. The molecule has 0 unspecified atom stereocenters. The number of ether oxygens (including phenoxy) is 6. The number of para-hydroxylation sites is 6. The van der Waals surface area contributed by atoms with Crippen LogP contribution in [0.5, 0.6) is 34.5 Å². The molecule has 0 heterocycles. The third kappa shape index (κ3) is 17.5. The zero-order valence-corrected chi connectivity index (χ0v) is 27.3. The molecule has 0 amide bonds. The Hall–Kier alpha value is -7.60. The monoisotopic (exact) mass is 704 g/mol. The second kappa shape index (κ2) is 22.9. The number of hydrogen-bond acceptors (Lipinski definition) is 10. The van der Waals surface area contributed by atoms with Crippen molar-refractivity contribution in [1.29, 1.82) is 0 Å². The molecule has 52 heavy (non-hydrogen) atoms. The largest absolute Gasteiger partial charge is 0.519 e. The maximum absolute atomic E-state index is 11.3. The molecule has 2 N–H and O–H groups in total. The Balaban J connectivity index is 0.000000200. The highest BCUT2D eigenvalue weighted by Crippen LogP contribution is 2.15. The van der Waals surface area contributed by atoms with Crippen LogP contribution in [0.3, 0.4) is 0 Å². The lowest BCUT2D eigenvalue weighted by molar-refractivity contribution is 0.136. The topological polar surface area (TPSA) is 164 Å². The van der Waals surface area contributed by atoms with Gasteiger partial charge < -0.3 is 38.6 Å². The van der Waals surface area contributed by atoms with Crippen LogP contribution in [-0.4, -0.2) is 34.8 Å². The molecule has 6 aromatic rings. The number of benzene rings is 6. The normalized spacial score (nSPS) is 9.23. The van der Waals surface area contributed by atoms with E-state index in [1.807, 2.05) is 36.4 Å². The van der Waals surface area contributed by atoms with Gasteiger partial charge in [-0.1, -0.05) is 109 Å². The van der Waals surface area contributed by atoms with Crippen LogP contribution in [0.4, 0.5) is 19.2 Å². The minimum absolute atomic E-state index is 0.462. The van der Waals surface area contributed by atoms with Gasteiger partial charge in [0.1, 0.15) is 34.5 Å². The molecule has 264 valence electrons. The molecule has 6 aromatic carbocycles. The lowest BCUT2D eigenvalue weighted by atomic mass is 10.3. The Morgan fingerprint density at radius 3 is 0.500 bits per heavy atom. The summed E-state index contributed by atoms with van der Waals surface area (Å²) in [6.07, 6.45) is -4.05. The molecule has 0 radical (unpaired) electrons. The van der Waals surface area contributed by atoms with Crippen LogP contribution in [0, 0.1) is 0 Å². The summed E-state index contributed by atoms with van der Waals surface area (Å²) in [5.41, 5.74) is 0. The number of carboxylic acid groups (broad SMARTS) is 2. The van der Waals surface area contributed by atoms with Gasteiger partial charge in [0.15, 0.2) is 0 Å². The average Bonchev–Trinajstić information content (AvgIpc) is 3.14. The van der Waals surface area contributed by atoms with E-state index in [1.54, 1.807) is 146 Å². The Kier molecular flexibility index (Phi) is 17.1. The second-order valence-electron chi connectivity index (χ2n) is 9.52. The van der Waals surface area contributed by atoms with Gasteiger partial charge in [0, 0.05) is 0 Å². The highest BCUT2D eigenvalue weighted by atomic mass is 16.7. The van der Waals surface area contributed by atoms with E-state index in [-0.39, 0.29) is 0 Å². The zero-order chi connectivity index (χ0) is 37.2. The van der Waals surface area contributed by atoms with Crippen molar-refractivity contribution >= 4 is 24.6 Å². The summed E-state index contributed by atoms with van der Waals surface area (Å²) < 4.78 is 29.7. The number of rotatable bonds is 6. The molecule has 6 rings (SSSR count). The summed E-state index contributed by atoms with van der Waals surface area (Å²) in [5, 5.41) is 13.9. The Morgan fingerprint density at radius 1 is 0.269 bits per heavy atom. The first-order valence-corrected chi connectivity index (χ1v) is 15.2. The summed E-state index contributed by atoms with van der Waals surface area (Å²) in [5.74, 6) is 2.77. The smallest absolute Gasteiger partial charge is 0.450 e. The first-order valence-electron chi connectivity index (χ1n) is 15.2. The van der Waals surface area contributed by atoms with E-state index < -0.39 is 24.6 Å². The van der Waals surface area contributed by atoms with Gasteiger partial charge in [-0.15, -0.1) is 0 Å². The van der Waals surface area contributed by atoms with Gasteiger partial charge >= 0.3 is 24.6 Å². The molecule has 0 saturated carbocycles. The van der Waals surface area contributed by atoms with E-state index in [4.69, 9.17) is 43.4 Å². The molecule has 12 heteroatoms. The van der Waals surface area contributed by atoms with Crippen molar-refractivity contribution in [3.63, 3.8) is 0 Å². The SMILES string of the molecule is O=C(O)O.O=C(Oc1ccccc1)Oc1ccccc1.O=C(Oc1ccccc1)Oc1ccccc1.O=C(Oc1ccccc1)Oc1ccccc1. The first kappa shape index (κ1) is 38.8. The van der Waals surface area contributed by atoms with Crippen LogP contribution in [0.15, 0.2) is 182 Å². The van der Waals surface area contributed by atoms with Crippen LogP contribution in [-0.2, 0) is 0 Å². The van der Waals surface area contributed by atoms with Crippen molar-refractivity contribution in [1.82, 2.24) is 0 Å². The van der Waals surface area contributed by atoms with Crippen molar-refractivity contribution in [2.24, 2.45) is 0 Å². The van der Waals surface area contributed by atoms with E-state index in [0.29, 0.717) is 34.5 Å². The second-order valence-corrected chi connectivity index (χ2v) is 9.52. The molecule has 0 fully saturated rings. The third-order valence-corrected chi connectivity index (χ3v) is 5.67. The minimum atomic E-state index is -1.83. The molecule has 0 aliphatic heterocycles. The molecule has 0 bridgehead atoms. The molecule has 0 atom stereocenters. The highest BCUT2D eigenvalue weighted by Gasteiger charge is 2.08. The molecule has 0 aliphatic rings. The Morgan fingerprint density at radius 2 is 0.385 bits per heavy atom. The van der Waals surface area contributed by atoms with E-state index in [9.17, 15) is 14.4 Å². The standard InChI is InChI=1S/3C13H10O3.CH2O3/c3*14-13(15-11-7-3-1-4-8-11)16-12-9-5-2-6-10-12;2-1(3)4/h3*1-10H;(H2,2,3,4). The van der Waals surface area contributed by atoms with Crippen LogP contribution >= 0.6 is 0 Å². The van der Waals surface area contributed by atoms with Crippen molar-refractivity contribution < 1.29 is 57.8 Å². The van der Waals surface area contributed by atoms with Crippen LogP contribution < -0.4 is 28.4 Å². The van der Waals surface area contributed by atoms with Gasteiger partial charge in [0.25, 0.3) is 0 Å². The number of hydrogen-bond donors (Lipinski definition) is 2. The van der Waals surface area contributed by atoms with E-state index in [0.717, 1.165) is 0 Å². The molecule has 12 nitrogen and oxygen atoms in total. The summed E-state index contributed by atoms with van der Waals surface area (Å²) in [6, 6.07) is 52.7. The fourth-order valence-corrected chi connectivity index (χ4v) is 3.57. The minimum Gasteiger partial charge on any atom is -0.450 e. The number of carbonyl (C=O) groups is 4. The highest BCUT2D eigenvalue weighted by molar-refractivity contribution is 5.68. The van der Waals surface area contributed by atoms with E-state index in [1.165, 1.54) is 0 Å².